The highest BCUT2D eigenvalue weighted by Gasteiger charge is 2.34. The lowest BCUT2D eigenvalue weighted by Gasteiger charge is -2.17. The molecule has 3 aromatic heterocycles. The van der Waals surface area contributed by atoms with Gasteiger partial charge in [0.05, 0.1) is 17.3 Å². The van der Waals surface area contributed by atoms with Crippen LogP contribution in [-0.2, 0) is 6.18 Å². The molecular weight excluding hydrogens is 391 g/mol. The SMILES string of the molecule is Cc1ccc(-c2ccc3nccc(NC(C)c4cnc(C(F)(F)F)nc4)c3c2)nc1. The second-order valence-corrected chi connectivity index (χ2v) is 7.02. The molecule has 0 aliphatic heterocycles. The van der Waals surface area contributed by atoms with Gasteiger partial charge in [-0.3, -0.25) is 9.97 Å². The highest BCUT2D eigenvalue weighted by Crippen LogP contribution is 2.30. The molecular formula is C22H18F3N5. The van der Waals surface area contributed by atoms with Crippen molar-refractivity contribution in [3.05, 3.63) is 78.1 Å². The molecule has 0 aliphatic carbocycles. The lowest BCUT2D eigenvalue weighted by molar-refractivity contribution is -0.145. The first kappa shape index (κ1) is 19.8. The van der Waals surface area contributed by atoms with Crippen LogP contribution in [0.15, 0.2) is 61.2 Å². The number of fused-ring (bicyclic) bond motifs is 1. The summed E-state index contributed by atoms with van der Waals surface area (Å²) in [4.78, 5) is 15.7. The van der Waals surface area contributed by atoms with Crippen LogP contribution in [-0.4, -0.2) is 19.9 Å². The monoisotopic (exact) mass is 409 g/mol. The van der Waals surface area contributed by atoms with E-state index < -0.39 is 12.0 Å². The van der Waals surface area contributed by atoms with Crippen LogP contribution in [0.4, 0.5) is 18.9 Å². The Morgan fingerprint density at radius 1 is 0.900 bits per heavy atom. The zero-order valence-corrected chi connectivity index (χ0v) is 16.3. The van der Waals surface area contributed by atoms with Gasteiger partial charge >= 0.3 is 6.18 Å². The number of aromatic nitrogens is 4. The Balaban J connectivity index is 1.65. The minimum absolute atomic E-state index is 0.306. The zero-order valence-electron chi connectivity index (χ0n) is 16.3. The molecule has 4 rings (SSSR count). The summed E-state index contributed by atoms with van der Waals surface area (Å²) in [6.45, 7) is 3.82. The fourth-order valence-electron chi connectivity index (χ4n) is 3.09. The van der Waals surface area contributed by atoms with Crippen LogP contribution >= 0.6 is 0 Å². The molecule has 4 aromatic rings. The van der Waals surface area contributed by atoms with Gasteiger partial charge in [0.1, 0.15) is 0 Å². The fourth-order valence-corrected chi connectivity index (χ4v) is 3.09. The number of nitrogens with zero attached hydrogens (tertiary/aromatic N) is 4. The first-order valence-corrected chi connectivity index (χ1v) is 9.29. The Hall–Kier alpha value is -3.55. The molecule has 0 spiro atoms. The molecule has 0 radical (unpaired) electrons. The van der Waals surface area contributed by atoms with Crippen LogP contribution in [0.1, 0.15) is 29.9 Å². The number of hydrogen-bond acceptors (Lipinski definition) is 5. The van der Waals surface area contributed by atoms with Gasteiger partial charge in [0.25, 0.3) is 0 Å². The van der Waals surface area contributed by atoms with Crippen molar-refractivity contribution in [3.8, 4) is 11.3 Å². The van der Waals surface area contributed by atoms with E-state index in [1.807, 2.05) is 56.4 Å². The number of hydrogen-bond donors (Lipinski definition) is 1. The average Bonchev–Trinajstić information content (AvgIpc) is 2.74. The fraction of sp³-hybridized carbons (Fsp3) is 0.182. The molecule has 30 heavy (non-hydrogen) atoms. The number of pyridine rings is 2. The lowest BCUT2D eigenvalue weighted by atomic mass is 10.1. The first-order valence-electron chi connectivity index (χ1n) is 9.29. The second-order valence-electron chi connectivity index (χ2n) is 7.02. The molecule has 5 nitrogen and oxygen atoms in total. The molecule has 0 saturated heterocycles. The van der Waals surface area contributed by atoms with Crippen molar-refractivity contribution in [2.75, 3.05) is 5.32 Å². The van der Waals surface area contributed by atoms with E-state index in [0.29, 0.717) is 5.56 Å². The third kappa shape index (κ3) is 4.07. The lowest BCUT2D eigenvalue weighted by Crippen LogP contribution is -2.13. The van der Waals surface area contributed by atoms with Crippen molar-refractivity contribution in [1.82, 2.24) is 19.9 Å². The van der Waals surface area contributed by atoms with E-state index in [1.54, 1.807) is 6.20 Å². The number of benzene rings is 1. The van der Waals surface area contributed by atoms with Crippen molar-refractivity contribution in [1.29, 1.82) is 0 Å². The Morgan fingerprint density at radius 3 is 2.33 bits per heavy atom. The van der Waals surface area contributed by atoms with E-state index >= 15 is 0 Å². The predicted molar refractivity (Wildman–Crippen MR) is 109 cm³/mol. The first-order chi connectivity index (χ1) is 14.3. The van der Waals surface area contributed by atoms with Crippen molar-refractivity contribution >= 4 is 16.6 Å². The summed E-state index contributed by atoms with van der Waals surface area (Å²) in [6, 6.07) is 11.4. The predicted octanol–water partition coefficient (Wildman–Crippen LogP) is 5.59. The van der Waals surface area contributed by atoms with E-state index in [1.165, 1.54) is 12.4 Å². The molecule has 1 atom stereocenters. The van der Waals surface area contributed by atoms with Gasteiger partial charge < -0.3 is 5.32 Å². The van der Waals surface area contributed by atoms with E-state index in [0.717, 1.165) is 33.4 Å². The maximum atomic E-state index is 12.7. The minimum Gasteiger partial charge on any atom is -0.378 e. The van der Waals surface area contributed by atoms with Gasteiger partial charge in [0, 0.05) is 47.0 Å². The number of nitrogens with one attached hydrogen (secondary N) is 1. The summed E-state index contributed by atoms with van der Waals surface area (Å²) >= 11 is 0. The standard InChI is InChI=1S/C22H18F3N5/c1-13-3-5-18(27-10-13)15-4-6-19-17(9-15)20(7-8-26-19)30-14(2)16-11-28-21(29-12-16)22(23,24)25/h3-12,14H,1-2H3,(H,26,30). The van der Waals surface area contributed by atoms with Crippen molar-refractivity contribution in [3.63, 3.8) is 0 Å². The quantitative estimate of drug-likeness (QED) is 0.476. The summed E-state index contributed by atoms with van der Waals surface area (Å²) < 4.78 is 38.1. The number of anilines is 1. The van der Waals surface area contributed by atoms with Crippen LogP contribution in [0.5, 0.6) is 0 Å². The van der Waals surface area contributed by atoms with E-state index in [-0.39, 0.29) is 6.04 Å². The largest absolute Gasteiger partial charge is 0.451 e. The van der Waals surface area contributed by atoms with Gasteiger partial charge in [0.15, 0.2) is 0 Å². The average molecular weight is 409 g/mol. The zero-order chi connectivity index (χ0) is 21.3. The Morgan fingerprint density at radius 2 is 1.67 bits per heavy atom. The summed E-state index contributed by atoms with van der Waals surface area (Å²) in [5, 5.41) is 4.21. The van der Waals surface area contributed by atoms with Gasteiger partial charge in [0.2, 0.25) is 5.82 Å². The summed E-state index contributed by atoms with van der Waals surface area (Å²) in [7, 11) is 0. The number of alkyl halides is 3. The summed E-state index contributed by atoms with van der Waals surface area (Å²) in [5.74, 6) is -1.15. The number of rotatable bonds is 4. The number of halogens is 3. The van der Waals surface area contributed by atoms with Gasteiger partial charge in [-0.25, -0.2) is 9.97 Å². The van der Waals surface area contributed by atoms with E-state index in [2.05, 4.69) is 25.3 Å². The highest BCUT2D eigenvalue weighted by molar-refractivity contribution is 5.94. The van der Waals surface area contributed by atoms with Crippen molar-refractivity contribution in [2.45, 2.75) is 26.1 Å². The Kier molecular flexibility index (Phi) is 5.07. The normalized spacial score (nSPS) is 12.7. The highest BCUT2D eigenvalue weighted by atomic mass is 19.4. The molecule has 152 valence electrons. The third-order valence-electron chi connectivity index (χ3n) is 4.75. The number of aryl methyl sites for hydroxylation is 1. The Bertz CT molecular complexity index is 1170. The molecule has 1 aromatic carbocycles. The molecule has 0 bridgehead atoms. The topological polar surface area (TPSA) is 63.6 Å². The molecule has 3 heterocycles. The van der Waals surface area contributed by atoms with Gasteiger partial charge in [-0.05, 0) is 43.7 Å². The van der Waals surface area contributed by atoms with Crippen molar-refractivity contribution < 1.29 is 13.2 Å². The smallest absolute Gasteiger partial charge is 0.378 e. The van der Waals surface area contributed by atoms with Crippen LogP contribution in [0, 0.1) is 6.92 Å². The van der Waals surface area contributed by atoms with E-state index in [4.69, 9.17) is 0 Å². The molecule has 0 fully saturated rings. The van der Waals surface area contributed by atoms with E-state index in [9.17, 15) is 13.2 Å². The van der Waals surface area contributed by atoms with Crippen LogP contribution in [0.3, 0.4) is 0 Å². The molecule has 0 aliphatic rings. The summed E-state index contributed by atoms with van der Waals surface area (Å²) in [6.07, 6.45) is 1.33. The van der Waals surface area contributed by atoms with Gasteiger partial charge in [-0.2, -0.15) is 13.2 Å². The molecule has 1 N–H and O–H groups in total. The van der Waals surface area contributed by atoms with Crippen LogP contribution < -0.4 is 5.32 Å². The molecule has 8 heteroatoms. The Labute approximate surface area is 171 Å². The van der Waals surface area contributed by atoms with Crippen LogP contribution in [0.2, 0.25) is 0 Å². The van der Waals surface area contributed by atoms with Crippen molar-refractivity contribution in [2.24, 2.45) is 0 Å². The van der Waals surface area contributed by atoms with Crippen LogP contribution in [0.25, 0.3) is 22.2 Å². The maximum absolute atomic E-state index is 12.7. The minimum atomic E-state index is -4.56. The molecule has 1 unspecified atom stereocenters. The molecule has 0 amide bonds. The molecule has 0 saturated carbocycles. The summed E-state index contributed by atoms with van der Waals surface area (Å²) in [5.41, 5.74) is 5.03. The van der Waals surface area contributed by atoms with Gasteiger partial charge in [-0.1, -0.05) is 12.1 Å². The maximum Gasteiger partial charge on any atom is 0.451 e. The third-order valence-corrected chi connectivity index (χ3v) is 4.75. The second kappa shape index (κ2) is 7.70. The van der Waals surface area contributed by atoms with Gasteiger partial charge in [-0.15, -0.1) is 0 Å².